The van der Waals surface area contributed by atoms with Gasteiger partial charge in [0.25, 0.3) is 0 Å². The molecule has 5 aromatic rings. The summed E-state index contributed by atoms with van der Waals surface area (Å²) in [6.07, 6.45) is 0. The fourth-order valence-electron chi connectivity index (χ4n) is 3.23. The molecule has 0 radical (unpaired) electrons. The maximum absolute atomic E-state index is 12.0. The van der Waals surface area contributed by atoms with Gasteiger partial charge in [0.05, 0.1) is 10.8 Å². The van der Waals surface area contributed by atoms with Crippen molar-refractivity contribution in [3.05, 3.63) is 107 Å². The number of anilines is 2. The maximum atomic E-state index is 12.0. The van der Waals surface area contributed by atoms with Gasteiger partial charge >= 0.3 is 0 Å². The molecule has 0 unspecified atom stereocenters. The largest absolute Gasteiger partial charge is 0.456 e. The lowest BCUT2D eigenvalue weighted by Crippen LogP contribution is -2.01. The number of rotatable bonds is 1. The zero-order chi connectivity index (χ0) is 20.2. The fourth-order valence-corrected chi connectivity index (χ4v) is 3.23. The molecule has 29 heavy (non-hydrogen) atoms. The molecule has 4 nitrogen and oxygen atoms in total. The third kappa shape index (κ3) is 3.69. The average molecular weight is 380 g/mol. The monoisotopic (exact) mass is 380 g/mol. The zero-order valence-electron chi connectivity index (χ0n) is 15.7. The summed E-state index contributed by atoms with van der Waals surface area (Å²) in [7, 11) is 0. The van der Waals surface area contributed by atoms with E-state index >= 15 is 0 Å². The third-order valence-electron chi connectivity index (χ3n) is 4.70. The van der Waals surface area contributed by atoms with Gasteiger partial charge in [-0.15, -0.1) is 0 Å². The minimum atomic E-state index is 0.0347. The molecular formula is C25H20N2O2. The van der Waals surface area contributed by atoms with Gasteiger partial charge in [0.2, 0.25) is 5.43 Å². The Morgan fingerprint density at radius 2 is 0.897 bits per heavy atom. The van der Waals surface area contributed by atoms with Crippen LogP contribution in [-0.2, 0) is 0 Å². The van der Waals surface area contributed by atoms with Crippen molar-refractivity contribution in [2.45, 2.75) is 0 Å². The lowest BCUT2D eigenvalue weighted by molar-refractivity contribution is 0.660. The van der Waals surface area contributed by atoms with Crippen LogP contribution in [0.5, 0.6) is 0 Å². The molecule has 0 aliphatic heterocycles. The smallest absolute Gasteiger partial charge is 0.200 e. The predicted octanol–water partition coefficient (Wildman–Crippen LogP) is 5.46. The number of hydrogen-bond donors (Lipinski definition) is 2. The number of nitrogens with two attached hydrogens (primary N) is 2. The summed E-state index contributed by atoms with van der Waals surface area (Å²) in [5.74, 6) is 0. The van der Waals surface area contributed by atoms with Gasteiger partial charge in [0.1, 0.15) is 11.2 Å². The van der Waals surface area contributed by atoms with Crippen molar-refractivity contribution in [2.24, 2.45) is 0 Å². The van der Waals surface area contributed by atoms with E-state index in [1.807, 2.05) is 84.9 Å². The van der Waals surface area contributed by atoms with Gasteiger partial charge in [0.15, 0.2) is 0 Å². The third-order valence-corrected chi connectivity index (χ3v) is 4.70. The summed E-state index contributed by atoms with van der Waals surface area (Å²) in [4.78, 5) is 12.0. The first-order chi connectivity index (χ1) is 14.1. The van der Waals surface area contributed by atoms with Gasteiger partial charge in [-0.3, -0.25) is 4.79 Å². The number of nitrogen functional groups attached to an aromatic ring is 2. The highest BCUT2D eigenvalue weighted by Gasteiger charge is 2.05. The molecule has 4 aromatic carbocycles. The Morgan fingerprint density at radius 1 is 0.517 bits per heavy atom. The quantitative estimate of drug-likeness (QED) is 0.299. The number of para-hydroxylation sites is 4. The van der Waals surface area contributed by atoms with Crippen LogP contribution in [0.4, 0.5) is 11.4 Å². The maximum Gasteiger partial charge on any atom is 0.200 e. The molecule has 0 fully saturated rings. The van der Waals surface area contributed by atoms with Crippen LogP contribution in [0.2, 0.25) is 0 Å². The van der Waals surface area contributed by atoms with Gasteiger partial charge in [-0.2, -0.15) is 0 Å². The van der Waals surface area contributed by atoms with E-state index < -0.39 is 0 Å². The van der Waals surface area contributed by atoms with E-state index in [1.54, 1.807) is 12.1 Å². The van der Waals surface area contributed by atoms with Crippen LogP contribution >= 0.6 is 0 Å². The molecule has 0 bridgehead atoms. The first-order valence-corrected chi connectivity index (χ1v) is 9.25. The van der Waals surface area contributed by atoms with Crippen LogP contribution in [-0.4, -0.2) is 0 Å². The van der Waals surface area contributed by atoms with E-state index in [-0.39, 0.29) is 5.43 Å². The summed E-state index contributed by atoms with van der Waals surface area (Å²) in [5.41, 5.74) is 16.5. The topological polar surface area (TPSA) is 82.2 Å². The first kappa shape index (κ1) is 18.3. The van der Waals surface area contributed by atoms with Crippen molar-refractivity contribution >= 4 is 33.3 Å². The van der Waals surface area contributed by atoms with Crippen LogP contribution in [0.1, 0.15) is 0 Å². The molecule has 5 rings (SSSR count). The molecule has 4 heteroatoms. The molecule has 142 valence electrons. The van der Waals surface area contributed by atoms with E-state index in [1.165, 1.54) is 0 Å². The highest BCUT2D eigenvalue weighted by molar-refractivity contribution is 5.89. The van der Waals surface area contributed by atoms with Crippen LogP contribution < -0.4 is 16.9 Å². The Balaban J connectivity index is 0.000000142. The molecule has 1 aromatic heterocycles. The van der Waals surface area contributed by atoms with E-state index in [9.17, 15) is 4.79 Å². The van der Waals surface area contributed by atoms with Crippen molar-refractivity contribution in [1.29, 1.82) is 0 Å². The number of fused-ring (bicyclic) bond motifs is 2. The summed E-state index contributed by atoms with van der Waals surface area (Å²) >= 11 is 0. The first-order valence-electron chi connectivity index (χ1n) is 9.25. The minimum absolute atomic E-state index is 0.0347. The number of benzene rings is 4. The fraction of sp³-hybridized carbons (Fsp3) is 0. The molecule has 4 N–H and O–H groups in total. The molecule has 0 saturated carbocycles. The molecule has 0 saturated heterocycles. The molecule has 1 heterocycles. The Hall–Kier alpha value is -4.05. The van der Waals surface area contributed by atoms with Gasteiger partial charge in [-0.05, 0) is 36.4 Å². The molecule has 0 amide bonds. The Bertz CT molecular complexity index is 1260. The van der Waals surface area contributed by atoms with Crippen LogP contribution in [0, 0.1) is 0 Å². The van der Waals surface area contributed by atoms with Crippen molar-refractivity contribution in [1.82, 2.24) is 0 Å². The van der Waals surface area contributed by atoms with Gasteiger partial charge < -0.3 is 15.9 Å². The highest BCUT2D eigenvalue weighted by Crippen LogP contribution is 2.29. The molecule has 0 atom stereocenters. The summed E-state index contributed by atoms with van der Waals surface area (Å²) in [6.45, 7) is 0. The van der Waals surface area contributed by atoms with Crippen molar-refractivity contribution in [3.8, 4) is 11.1 Å². The second-order valence-electron chi connectivity index (χ2n) is 6.60. The molecule has 0 aliphatic carbocycles. The van der Waals surface area contributed by atoms with Crippen molar-refractivity contribution < 1.29 is 4.42 Å². The molecule has 0 aliphatic rings. The summed E-state index contributed by atoms with van der Waals surface area (Å²) < 4.78 is 5.63. The lowest BCUT2D eigenvalue weighted by atomic mass is 10.0. The van der Waals surface area contributed by atoms with E-state index in [2.05, 4.69) is 0 Å². The van der Waals surface area contributed by atoms with E-state index in [0.717, 1.165) is 22.5 Å². The van der Waals surface area contributed by atoms with Crippen molar-refractivity contribution in [2.75, 3.05) is 11.5 Å². The predicted molar refractivity (Wildman–Crippen MR) is 121 cm³/mol. The lowest BCUT2D eigenvalue weighted by Gasteiger charge is -2.07. The highest BCUT2D eigenvalue weighted by atomic mass is 16.3. The zero-order valence-corrected chi connectivity index (χ0v) is 15.7. The van der Waals surface area contributed by atoms with Crippen LogP contribution in [0.15, 0.2) is 106 Å². The molecule has 0 spiro atoms. The standard InChI is InChI=1S/C13H8O2.C12H12N2/c14-13-9-5-1-3-7-11(9)15-12-8-4-2-6-10(12)13;13-11-7-3-1-5-9(11)10-6-2-4-8-12(10)14/h1-8H;1-8H,13-14H2. The van der Waals surface area contributed by atoms with E-state index in [0.29, 0.717) is 21.9 Å². The van der Waals surface area contributed by atoms with Crippen LogP contribution in [0.3, 0.4) is 0 Å². The normalized spacial score (nSPS) is 10.5. The number of hydrogen-bond acceptors (Lipinski definition) is 4. The SMILES string of the molecule is Nc1ccccc1-c1ccccc1N.O=c1c2ccccc2oc2ccccc12. The summed E-state index contributed by atoms with van der Waals surface area (Å²) in [6, 6.07) is 30.0. The molecular weight excluding hydrogens is 360 g/mol. The van der Waals surface area contributed by atoms with Gasteiger partial charge in [-0.25, -0.2) is 0 Å². The van der Waals surface area contributed by atoms with Crippen LogP contribution in [0.25, 0.3) is 33.1 Å². The Kier molecular flexibility index (Phi) is 4.99. The van der Waals surface area contributed by atoms with E-state index in [4.69, 9.17) is 15.9 Å². The summed E-state index contributed by atoms with van der Waals surface area (Å²) in [5, 5.41) is 1.27. The minimum Gasteiger partial charge on any atom is -0.456 e. The average Bonchev–Trinajstić information content (AvgIpc) is 2.76. The van der Waals surface area contributed by atoms with Crippen molar-refractivity contribution in [3.63, 3.8) is 0 Å². The van der Waals surface area contributed by atoms with Gasteiger partial charge in [0, 0.05) is 22.5 Å². The second-order valence-corrected chi connectivity index (χ2v) is 6.60. The Labute approximate surface area is 168 Å². The second kappa shape index (κ2) is 7.90. The Morgan fingerprint density at radius 3 is 1.34 bits per heavy atom. The van der Waals surface area contributed by atoms with Gasteiger partial charge in [-0.1, -0.05) is 60.7 Å².